The number of ether oxygens (including phenoxy) is 1. The summed E-state index contributed by atoms with van der Waals surface area (Å²) >= 11 is 0. The van der Waals surface area contributed by atoms with E-state index in [0.717, 1.165) is 9.87 Å². The number of fused-ring (bicyclic) bond motifs is 1. The monoisotopic (exact) mass is 361 g/mol. The zero-order valence-corrected chi connectivity index (χ0v) is 14.7. The lowest BCUT2D eigenvalue weighted by atomic mass is 10.0. The molecule has 3 rings (SSSR count). The van der Waals surface area contributed by atoms with Crippen LogP contribution in [0.2, 0.25) is 0 Å². The molecule has 1 heterocycles. The SMILES string of the molecule is CC(C)c1ccc(S(=O)(=O)N2CC(C(=O)O)Oc3ccccc32)cc1. The van der Waals surface area contributed by atoms with Gasteiger partial charge in [-0.2, -0.15) is 0 Å². The van der Waals surface area contributed by atoms with Gasteiger partial charge >= 0.3 is 5.97 Å². The summed E-state index contributed by atoms with van der Waals surface area (Å²) in [7, 11) is -3.89. The standard InChI is InChI=1S/C18H19NO5S/c1-12(2)13-7-9-14(10-8-13)25(22,23)19-11-17(18(20)21)24-16-6-4-3-5-15(16)19/h3-10,12,17H,11H2,1-2H3,(H,20,21). The average molecular weight is 361 g/mol. The molecule has 0 aliphatic carbocycles. The van der Waals surface area contributed by atoms with Crippen molar-refractivity contribution in [2.24, 2.45) is 0 Å². The predicted molar refractivity (Wildman–Crippen MR) is 93.6 cm³/mol. The molecule has 0 radical (unpaired) electrons. The quantitative estimate of drug-likeness (QED) is 0.905. The molecule has 1 aliphatic rings. The number of para-hydroxylation sites is 2. The van der Waals surface area contributed by atoms with Crippen molar-refractivity contribution in [1.29, 1.82) is 0 Å². The molecule has 0 saturated carbocycles. The van der Waals surface area contributed by atoms with Crippen LogP contribution in [0.15, 0.2) is 53.4 Å². The number of anilines is 1. The zero-order valence-electron chi connectivity index (χ0n) is 13.9. The van der Waals surface area contributed by atoms with Gasteiger partial charge in [0.2, 0.25) is 6.10 Å². The highest BCUT2D eigenvalue weighted by molar-refractivity contribution is 7.92. The van der Waals surface area contributed by atoms with E-state index in [0.29, 0.717) is 5.69 Å². The van der Waals surface area contributed by atoms with Gasteiger partial charge in [0.15, 0.2) is 0 Å². The molecule has 0 saturated heterocycles. The van der Waals surface area contributed by atoms with Crippen molar-refractivity contribution in [2.45, 2.75) is 30.8 Å². The number of carbonyl (C=O) groups is 1. The molecule has 0 amide bonds. The molecule has 0 spiro atoms. The van der Waals surface area contributed by atoms with Gasteiger partial charge in [-0.05, 0) is 35.7 Å². The minimum atomic E-state index is -3.89. The van der Waals surface area contributed by atoms with Gasteiger partial charge < -0.3 is 9.84 Å². The Morgan fingerprint density at radius 2 is 1.80 bits per heavy atom. The van der Waals surface area contributed by atoms with Gasteiger partial charge in [-0.15, -0.1) is 0 Å². The third kappa shape index (κ3) is 3.19. The van der Waals surface area contributed by atoms with Crippen LogP contribution in [-0.2, 0) is 14.8 Å². The lowest BCUT2D eigenvalue weighted by Gasteiger charge is -2.33. The van der Waals surface area contributed by atoms with E-state index in [4.69, 9.17) is 4.74 Å². The molecular weight excluding hydrogens is 342 g/mol. The summed E-state index contributed by atoms with van der Waals surface area (Å²) in [6.07, 6.45) is -1.25. The van der Waals surface area contributed by atoms with Gasteiger partial charge in [0.25, 0.3) is 10.0 Å². The molecule has 1 N–H and O–H groups in total. The zero-order chi connectivity index (χ0) is 18.2. The van der Waals surface area contributed by atoms with Crippen LogP contribution in [0.5, 0.6) is 5.75 Å². The second-order valence-corrected chi connectivity index (χ2v) is 8.03. The van der Waals surface area contributed by atoms with Gasteiger partial charge in [-0.1, -0.05) is 38.1 Å². The van der Waals surface area contributed by atoms with E-state index < -0.39 is 22.1 Å². The minimum absolute atomic E-state index is 0.123. The highest BCUT2D eigenvalue weighted by atomic mass is 32.2. The molecular formula is C18H19NO5S. The maximum atomic E-state index is 13.1. The molecule has 2 aromatic carbocycles. The van der Waals surface area contributed by atoms with Crippen LogP contribution in [0.3, 0.4) is 0 Å². The van der Waals surface area contributed by atoms with E-state index in [9.17, 15) is 18.3 Å². The molecule has 1 unspecified atom stereocenters. The number of benzene rings is 2. The number of aliphatic carboxylic acids is 1. The lowest BCUT2D eigenvalue weighted by molar-refractivity contribution is -0.144. The number of hydrogen-bond donors (Lipinski definition) is 1. The molecule has 7 heteroatoms. The normalized spacial score (nSPS) is 17.1. The van der Waals surface area contributed by atoms with Gasteiger partial charge in [0.1, 0.15) is 5.75 Å². The molecule has 132 valence electrons. The molecule has 0 aromatic heterocycles. The second-order valence-electron chi connectivity index (χ2n) is 6.17. The first-order chi connectivity index (χ1) is 11.8. The van der Waals surface area contributed by atoms with Crippen molar-refractivity contribution in [2.75, 3.05) is 10.8 Å². The first-order valence-corrected chi connectivity index (χ1v) is 9.36. The van der Waals surface area contributed by atoms with Crippen LogP contribution in [0.1, 0.15) is 25.3 Å². The van der Waals surface area contributed by atoms with Crippen LogP contribution in [0.25, 0.3) is 0 Å². The van der Waals surface area contributed by atoms with Gasteiger partial charge in [0, 0.05) is 0 Å². The van der Waals surface area contributed by atoms with E-state index in [-0.39, 0.29) is 23.1 Å². The second kappa shape index (κ2) is 6.40. The molecule has 0 bridgehead atoms. The van der Waals surface area contributed by atoms with Crippen molar-refractivity contribution in [1.82, 2.24) is 0 Å². The molecule has 1 atom stereocenters. The summed E-state index contributed by atoms with van der Waals surface area (Å²) in [5, 5.41) is 9.27. The fourth-order valence-electron chi connectivity index (χ4n) is 2.71. The first-order valence-electron chi connectivity index (χ1n) is 7.92. The van der Waals surface area contributed by atoms with E-state index in [2.05, 4.69) is 0 Å². The Balaban J connectivity index is 2.05. The van der Waals surface area contributed by atoms with E-state index in [1.54, 1.807) is 48.5 Å². The Morgan fingerprint density at radius 1 is 1.16 bits per heavy atom. The van der Waals surface area contributed by atoms with Crippen molar-refractivity contribution >= 4 is 21.7 Å². The highest BCUT2D eigenvalue weighted by Gasteiger charge is 2.37. The summed E-state index contributed by atoms with van der Waals surface area (Å²) in [6.45, 7) is 3.78. The van der Waals surface area contributed by atoms with Crippen molar-refractivity contribution < 1.29 is 23.1 Å². The Kier molecular flexibility index (Phi) is 4.43. The van der Waals surface area contributed by atoms with Crippen molar-refractivity contribution in [3.05, 3.63) is 54.1 Å². The van der Waals surface area contributed by atoms with Crippen LogP contribution in [-0.4, -0.2) is 32.1 Å². The third-order valence-corrected chi connectivity index (χ3v) is 5.94. The van der Waals surface area contributed by atoms with Gasteiger partial charge in [-0.25, -0.2) is 13.2 Å². The number of nitrogens with zero attached hydrogens (tertiary/aromatic N) is 1. The predicted octanol–water partition coefficient (Wildman–Crippen LogP) is 2.85. The van der Waals surface area contributed by atoms with Crippen LogP contribution in [0.4, 0.5) is 5.69 Å². The topological polar surface area (TPSA) is 83.9 Å². The minimum Gasteiger partial charge on any atom is -0.478 e. The smallest absolute Gasteiger partial charge is 0.346 e. The number of carboxylic acid groups (broad SMARTS) is 1. The first kappa shape index (κ1) is 17.3. The molecule has 0 fully saturated rings. The summed E-state index contributed by atoms with van der Waals surface area (Å²) < 4.78 is 32.7. The van der Waals surface area contributed by atoms with Gasteiger partial charge in [0.05, 0.1) is 17.1 Å². The maximum Gasteiger partial charge on any atom is 0.346 e. The Morgan fingerprint density at radius 3 is 2.40 bits per heavy atom. The molecule has 2 aromatic rings. The Hall–Kier alpha value is -2.54. The highest BCUT2D eigenvalue weighted by Crippen LogP contribution is 2.36. The van der Waals surface area contributed by atoms with Crippen LogP contribution in [0, 0.1) is 0 Å². The summed E-state index contributed by atoms with van der Waals surface area (Å²) in [5.74, 6) is -0.675. The molecule has 1 aliphatic heterocycles. The fraction of sp³-hybridized carbons (Fsp3) is 0.278. The van der Waals surface area contributed by atoms with Crippen molar-refractivity contribution in [3.8, 4) is 5.75 Å². The van der Waals surface area contributed by atoms with Crippen LogP contribution < -0.4 is 9.04 Å². The number of hydrogen-bond acceptors (Lipinski definition) is 4. The number of carboxylic acids is 1. The fourth-order valence-corrected chi connectivity index (χ4v) is 4.19. The van der Waals surface area contributed by atoms with E-state index in [1.165, 1.54) is 0 Å². The summed E-state index contributed by atoms with van der Waals surface area (Å²) in [6, 6.07) is 13.2. The Bertz CT molecular complexity index is 890. The largest absolute Gasteiger partial charge is 0.478 e. The molecule has 25 heavy (non-hydrogen) atoms. The summed E-state index contributed by atoms with van der Waals surface area (Å²) in [4.78, 5) is 11.5. The average Bonchev–Trinajstić information content (AvgIpc) is 2.60. The maximum absolute atomic E-state index is 13.1. The van der Waals surface area contributed by atoms with Crippen molar-refractivity contribution in [3.63, 3.8) is 0 Å². The van der Waals surface area contributed by atoms with E-state index in [1.807, 2.05) is 13.8 Å². The van der Waals surface area contributed by atoms with Crippen LogP contribution >= 0.6 is 0 Å². The van der Waals surface area contributed by atoms with E-state index >= 15 is 0 Å². The number of sulfonamides is 1. The Labute approximate surface area is 146 Å². The third-order valence-electron chi connectivity index (χ3n) is 4.15. The summed E-state index contributed by atoms with van der Waals surface area (Å²) in [5.41, 5.74) is 1.37. The molecule has 6 nitrogen and oxygen atoms in total. The van der Waals surface area contributed by atoms with Gasteiger partial charge in [-0.3, -0.25) is 4.31 Å². The number of rotatable bonds is 4. The lowest BCUT2D eigenvalue weighted by Crippen LogP contribution is -2.47.